The molecule has 0 aliphatic carbocycles. The SMILES string of the molecule is CCOc1ccccc1C=CC(=O)Nc1nc(C)c(-c2nccn2C(F)F)s1. The van der Waals surface area contributed by atoms with Gasteiger partial charge in [-0.25, -0.2) is 9.97 Å². The molecule has 6 nitrogen and oxygen atoms in total. The van der Waals surface area contributed by atoms with E-state index >= 15 is 0 Å². The van der Waals surface area contributed by atoms with Crippen LogP contribution in [0.1, 0.15) is 24.7 Å². The molecular formula is C19H18F2N4O2S. The smallest absolute Gasteiger partial charge is 0.320 e. The number of rotatable bonds is 7. The number of nitrogens with one attached hydrogen (secondary N) is 1. The fourth-order valence-electron chi connectivity index (χ4n) is 2.52. The van der Waals surface area contributed by atoms with Crippen molar-refractivity contribution in [2.75, 3.05) is 11.9 Å². The normalized spacial score (nSPS) is 11.3. The average Bonchev–Trinajstić information content (AvgIpc) is 3.27. The Morgan fingerprint density at radius 1 is 1.39 bits per heavy atom. The van der Waals surface area contributed by atoms with Gasteiger partial charge >= 0.3 is 6.55 Å². The van der Waals surface area contributed by atoms with Gasteiger partial charge in [0, 0.05) is 24.0 Å². The Morgan fingerprint density at radius 2 is 2.18 bits per heavy atom. The average molecular weight is 404 g/mol. The molecule has 0 radical (unpaired) electrons. The fraction of sp³-hybridized carbons (Fsp3) is 0.211. The molecule has 2 heterocycles. The predicted octanol–water partition coefficient (Wildman–Crippen LogP) is 4.76. The summed E-state index contributed by atoms with van der Waals surface area (Å²) >= 11 is 1.09. The van der Waals surface area contributed by atoms with Crippen molar-refractivity contribution in [3.05, 3.63) is 54.0 Å². The van der Waals surface area contributed by atoms with Gasteiger partial charge in [0.2, 0.25) is 5.91 Å². The summed E-state index contributed by atoms with van der Waals surface area (Å²) in [5.41, 5.74) is 1.29. The highest BCUT2D eigenvalue weighted by Gasteiger charge is 2.19. The maximum Gasteiger partial charge on any atom is 0.320 e. The zero-order valence-electron chi connectivity index (χ0n) is 15.2. The number of imidazole rings is 1. The number of benzene rings is 1. The van der Waals surface area contributed by atoms with E-state index in [9.17, 15) is 13.6 Å². The van der Waals surface area contributed by atoms with Gasteiger partial charge < -0.3 is 4.74 Å². The van der Waals surface area contributed by atoms with Crippen LogP contribution in [0.3, 0.4) is 0 Å². The van der Waals surface area contributed by atoms with E-state index in [0.717, 1.165) is 21.5 Å². The molecule has 28 heavy (non-hydrogen) atoms. The summed E-state index contributed by atoms with van der Waals surface area (Å²) in [7, 11) is 0. The molecule has 1 amide bonds. The Morgan fingerprint density at radius 3 is 2.93 bits per heavy atom. The van der Waals surface area contributed by atoms with Gasteiger partial charge in [0.15, 0.2) is 11.0 Å². The molecule has 0 spiro atoms. The van der Waals surface area contributed by atoms with E-state index in [1.54, 1.807) is 13.0 Å². The minimum atomic E-state index is -2.70. The Bertz CT molecular complexity index is 997. The third-order valence-corrected chi connectivity index (χ3v) is 4.81. The molecule has 9 heteroatoms. The van der Waals surface area contributed by atoms with E-state index in [1.165, 1.54) is 18.5 Å². The molecule has 1 aromatic carbocycles. The Balaban J connectivity index is 1.74. The van der Waals surface area contributed by atoms with Crippen molar-refractivity contribution < 1.29 is 18.3 Å². The minimum absolute atomic E-state index is 0.117. The van der Waals surface area contributed by atoms with Crippen molar-refractivity contribution in [1.82, 2.24) is 14.5 Å². The second-order valence-corrected chi connectivity index (χ2v) is 6.66. The lowest BCUT2D eigenvalue weighted by atomic mass is 10.2. The maximum absolute atomic E-state index is 13.1. The van der Waals surface area contributed by atoms with E-state index < -0.39 is 6.55 Å². The number of anilines is 1. The molecule has 146 valence electrons. The van der Waals surface area contributed by atoms with Crippen LogP contribution in [0.4, 0.5) is 13.9 Å². The molecule has 0 atom stereocenters. The lowest BCUT2D eigenvalue weighted by Crippen LogP contribution is -2.07. The number of carbonyl (C=O) groups is 1. The molecule has 0 bridgehead atoms. The number of alkyl halides is 2. The van der Waals surface area contributed by atoms with Gasteiger partial charge in [-0.05, 0) is 26.0 Å². The van der Waals surface area contributed by atoms with Crippen LogP contribution in [0.5, 0.6) is 5.75 Å². The number of para-hydroxylation sites is 1. The van der Waals surface area contributed by atoms with Crippen LogP contribution in [-0.4, -0.2) is 27.0 Å². The third kappa shape index (κ3) is 4.42. The lowest BCUT2D eigenvalue weighted by Gasteiger charge is -2.06. The fourth-order valence-corrected chi connectivity index (χ4v) is 3.49. The van der Waals surface area contributed by atoms with Crippen LogP contribution in [-0.2, 0) is 4.79 Å². The van der Waals surface area contributed by atoms with Crippen LogP contribution in [0.15, 0.2) is 42.7 Å². The number of halogens is 2. The molecule has 0 aliphatic rings. The molecule has 0 aliphatic heterocycles. The van der Waals surface area contributed by atoms with Crippen molar-refractivity contribution in [3.63, 3.8) is 0 Å². The second kappa shape index (κ2) is 8.75. The topological polar surface area (TPSA) is 69.0 Å². The van der Waals surface area contributed by atoms with Crippen LogP contribution in [0.2, 0.25) is 0 Å². The monoisotopic (exact) mass is 404 g/mol. The summed E-state index contributed by atoms with van der Waals surface area (Å²) < 4.78 is 32.4. The first kappa shape index (κ1) is 19.7. The first-order valence-electron chi connectivity index (χ1n) is 8.49. The molecule has 3 aromatic rings. The van der Waals surface area contributed by atoms with Crippen molar-refractivity contribution in [2.45, 2.75) is 20.4 Å². The number of aromatic nitrogens is 3. The van der Waals surface area contributed by atoms with E-state index in [2.05, 4.69) is 15.3 Å². The zero-order chi connectivity index (χ0) is 20.1. The quantitative estimate of drug-likeness (QED) is 0.577. The number of thiazole rings is 1. The highest BCUT2D eigenvalue weighted by molar-refractivity contribution is 7.19. The molecule has 2 aromatic heterocycles. The van der Waals surface area contributed by atoms with E-state index in [-0.39, 0.29) is 11.7 Å². The standard InChI is InChI=1S/C19H18F2N4O2S/c1-3-27-14-7-5-4-6-13(14)8-9-15(26)24-19-23-12(2)16(28-19)17-22-10-11-25(17)18(20)21/h4-11,18H,3H2,1-2H3,(H,23,24,26). The first-order valence-corrected chi connectivity index (χ1v) is 9.31. The zero-order valence-corrected chi connectivity index (χ0v) is 16.0. The van der Waals surface area contributed by atoms with Crippen molar-refractivity contribution in [3.8, 4) is 16.5 Å². The van der Waals surface area contributed by atoms with Crippen molar-refractivity contribution in [2.24, 2.45) is 0 Å². The molecule has 3 rings (SSSR count). The van der Waals surface area contributed by atoms with Crippen molar-refractivity contribution >= 4 is 28.5 Å². The number of aryl methyl sites for hydroxylation is 1. The highest BCUT2D eigenvalue weighted by atomic mass is 32.1. The number of hydrogen-bond acceptors (Lipinski definition) is 5. The van der Waals surface area contributed by atoms with Crippen LogP contribution in [0, 0.1) is 6.92 Å². The van der Waals surface area contributed by atoms with E-state index in [4.69, 9.17) is 4.74 Å². The minimum Gasteiger partial charge on any atom is -0.493 e. The number of ether oxygens (including phenoxy) is 1. The molecular weight excluding hydrogens is 386 g/mol. The summed E-state index contributed by atoms with van der Waals surface area (Å²) in [6.45, 7) is 1.38. The number of nitrogens with zero attached hydrogens (tertiary/aromatic N) is 3. The van der Waals surface area contributed by atoms with Gasteiger partial charge in [-0.15, -0.1) is 0 Å². The molecule has 0 saturated heterocycles. The summed E-state index contributed by atoms with van der Waals surface area (Å²) in [6.07, 6.45) is 5.52. The summed E-state index contributed by atoms with van der Waals surface area (Å²) in [5.74, 6) is 0.413. The maximum atomic E-state index is 13.1. The van der Waals surface area contributed by atoms with Crippen LogP contribution in [0.25, 0.3) is 16.8 Å². The van der Waals surface area contributed by atoms with Crippen molar-refractivity contribution in [1.29, 1.82) is 0 Å². The largest absolute Gasteiger partial charge is 0.493 e. The number of carbonyl (C=O) groups excluding carboxylic acids is 1. The number of hydrogen-bond donors (Lipinski definition) is 1. The van der Waals surface area contributed by atoms with Gasteiger partial charge in [-0.2, -0.15) is 8.78 Å². The molecule has 0 saturated carbocycles. The van der Waals surface area contributed by atoms with E-state index in [1.807, 2.05) is 31.2 Å². The summed E-state index contributed by atoms with van der Waals surface area (Å²) in [5, 5.41) is 2.96. The van der Waals surface area contributed by atoms with Gasteiger partial charge in [-0.3, -0.25) is 14.7 Å². The predicted molar refractivity (Wildman–Crippen MR) is 105 cm³/mol. The Kier molecular flexibility index (Phi) is 6.15. The summed E-state index contributed by atoms with van der Waals surface area (Å²) in [6, 6.07) is 7.36. The van der Waals surface area contributed by atoms with E-state index in [0.29, 0.717) is 28.1 Å². The summed E-state index contributed by atoms with van der Waals surface area (Å²) in [4.78, 5) is 20.9. The van der Waals surface area contributed by atoms with Crippen LogP contribution < -0.4 is 10.1 Å². The molecule has 0 fully saturated rings. The molecule has 1 N–H and O–H groups in total. The lowest BCUT2D eigenvalue weighted by molar-refractivity contribution is -0.111. The Hall–Kier alpha value is -3.07. The van der Waals surface area contributed by atoms with Gasteiger partial charge in [0.25, 0.3) is 0 Å². The van der Waals surface area contributed by atoms with Crippen LogP contribution >= 0.6 is 11.3 Å². The number of amides is 1. The second-order valence-electron chi connectivity index (χ2n) is 5.66. The Labute approximate surface area is 164 Å². The first-order chi connectivity index (χ1) is 13.5. The van der Waals surface area contributed by atoms with Gasteiger partial charge in [0.05, 0.1) is 17.2 Å². The third-order valence-electron chi connectivity index (χ3n) is 3.74. The highest BCUT2D eigenvalue weighted by Crippen LogP contribution is 2.33. The molecule has 0 unspecified atom stereocenters. The van der Waals surface area contributed by atoms with Gasteiger partial charge in [0.1, 0.15) is 5.75 Å². The van der Waals surface area contributed by atoms with Gasteiger partial charge in [-0.1, -0.05) is 29.5 Å².